The summed E-state index contributed by atoms with van der Waals surface area (Å²) < 4.78 is 42.3. The van der Waals surface area contributed by atoms with Crippen LogP contribution in [0.2, 0.25) is 0 Å². The molecule has 6 nitrogen and oxygen atoms in total. The molecule has 0 N–H and O–H groups in total. The van der Waals surface area contributed by atoms with Crippen molar-refractivity contribution >= 4 is 10.4 Å². The number of hydrogen-bond acceptors (Lipinski definition) is 5. The number of oxazole rings is 1. The van der Waals surface area contributed by atoms with Gasteiger partial charge in [0.05, 0.1) is 11.2 Å². The topological polar surface area (TPSA) is 83.5 Å². The Bertz CT molecular complexity index is 633. The third-order valence-corrected chi connectivity index (χ3v) is 2.58. The van der Waals surface area contributed by atoms with E-state index in [1.165, 1.54) is 6.20 Å². The highest BCUT2D eigenvalue weighted by atomic mass is 32.3. The molecule has 2 rings (SSSR count). The van der Waals surface area contributed by atoms with Gasteiger partial charge in [0.1, 0.15) is 0 Å². The minimum absolute atomic E-state index is 0.244. The van der Waals surface area contributed by atoms with Crippen molar-refractivity contribution in [3.63, 3.8) is 0 Å². The Labute approximate surface area is 104 Å². The first-order chi connectivity index (χ1) is 8.49. The van der Waals surface area contributed by atoms with Gasteiger partial charge in [0.2, 0.25) is 5.76 Å². The van der Waals surface area contributed by atoms with E-state index in [1.807, 2.05) is 18.2 Å². The van der Waals surface area contributed by atoms with Crippen LogP contribution < -0.4 is 9.01 Å². The summed E-state index contributed by atoms with van der Waals surface area (Å²) in [5.74, 6) is 0.671. The van der Waals surface area contributed by atoms with Crippen LogP contribution in [0, 0.1) is 0 Å². The summed E-state index contributed by atoms with van der Waals surface area (Å²) in [5, 5.41) is 0. The SMILES string of the molecule is CCc1oc(-c2ccccc2)c[n+]1OS(=O)(=O)[O-]. The monoisotopic (exact) mass is 269 g/mol. The third-order valence-electron chi connectivity index (χ3n) is 2.24. The standard InChI is InChI=1S/C11H11NO5S/c1-2-11-12(17-18(13,14)15)8-10(16-11)9-6-4-3-5-7-9/h3-8H,2H2,1H3. The summed E-state index contributed by atoms with van der Waals surface area (Å²) in [4.78, 5) is 0. The molecule has 0 amide bonds. The van der Waals surface area contributed by atoms with Crippen molar-refractivity contribution < 1.29 is 26.4 Å². The first-order valence-electron chi connectivity index (χ1n) is 5.25. The summed E-state index contributed by atoms with van der Waals surface area (Å²) >= 11 is 0. The molecular formula is C11H11NO5S. The molecule has 0 aliphatic heterocycles. The van der Waals surface area contributed by atoms with Crippen molar-refractivity contribution in [1.29, 1.82) is 0 Å². The Morgan fingerprint density at radius 1 is 1.33 bits per heavy atom. The zero-order chi connectivity index (χ0) is 13.2. The van der Waals surface area contributed by atoms with Crippen LogP contribution in [0.4, 0.5) is 0 Å². The molecule has 0 bridgehead atoms. The lowest BCUT2D eigenvalue weighted by atomic mass is 10.2. The molecule has 1 aromatic heterocycles. The van der Waals surface area contributed by atoms with Gasteiger partial charge in [-0.05, 0) is 0 Å². The summed E-state index contributed by atoms with van der Waals surface area (Å²) in [7, 11) is -4.83. The molecule has 0 fully saturated rings. The van der Waals surface area contributed by atoms with Crippen LogP contribution in [0.1, 0.15) is 12.8 Å². The fourth-order valence-electron chi connectivity index (χ4n) is 1.50. The molecule has 0 saturated carbocycles. The smallest absolute Gasteiger partial charge is 0.398 e. The van der Waals surface area contributed by atoms with Gasteiger partial charge in [-0.25, -0.2) is 0 Å². The van der Waals surface area contributed by atoms with Crippen molar-refractivity contribution in [2.75, 3.05) is 0 Å². The van der Waals surface area contributed by atoms with E-state index in [9.17, 15) is 13.0 Å². The normalized spacial score (nSPS) is 11.4. The van der Waals surface area contributed by atoms with E-state index in [0.29, 0.717) is 12.2 Å². The minimum atomic E-state index is -4.83. The van der Waals surface area contributed by atoms with Crippen molar-refractivity contribution in [1.82, 2.24) is 0 Å². The second kappa shape index (κ2) is 4.79. The molecule has 0 radical (unpaired) electrons. The second-order valence-corrected chi connectivity index (χ2v) is 4.48. The average molecular weight is 269 g/mol. The Hall–Kier alpha value is -1.86. The zero-order valence-corrected chi connectivity index (χ0v) is 10.4. The van der Waals surface area contributed by atoms with E-state index in [2.05, 4.69) is 4.28 Å². The number of aromatic nitrogens is 1. The lowest BCUT2D eigenvalue weighted by molar-refractivity contribution is -0.864. The maximum atomic E-state index is 10.6. The van der Waals surface area contributed by atoms with E-state index in [0.717, 1.165) is 10.3 Å². The molecule has 0 unspecified atom stereocenters. The highest BCUT2D eigenvalue weighted by Crippen LogP contribution is 2.18. The third kappa shape index (κ3) is 2.88. The second-order valence-electron chi connectivity index (χ2n) is 3.52. The first kappa shape index (κ1) is 12.6. The van der Waals surface area contributed by atoms with Gasteiger partial charge in [-0.15, -0.1) is 4.28 Å². The van der Waals surface area contributed by atoms with Gasteiger partial charge in [-0.1, -0.05) is 37.3 Å². The number of aryl methyl sites for hydroxylation is 1. The van der Waals surface area contributed by atoms with Gasteiger partial charge in [0, 0.05) is 5.56 Å². The van der Waals surface area contributed by atoms with Crippen LogP contribution in [0.25, 0.3) is 11.3 Å². The van der Waals surface area contributed by atoms with Gasteiger partial charge in [-0.2, -0.15) is 8.42 Å². The molecule has 18 heavy (non-hydrogen) atoms. The Kier molecular flexibility index (Phi) is 3.35. The highest BCUT2D eigenvalue weighted by Gasteiger charge is 2.23. The van der Waals surface area contributed by atoms with Crippen molar-refractivity contribution in [3.05, 3.63) is 42.4 Å². The molecule has 1 heterocycles. The van der Waals surface area contributed by atoms with E-state index in [4.69, 9.17) is 4.42 Å². The summed E-state index contributed by atoms with van der Waals surface area (Å²) in [6.07, 6.45) is 1.71. The maximum Gasteiger partial charge on any atom is 0.398 e. The molecule has 7 heteroatoms. The molecule has 0 atom stereocenters. The Balaban J connectivity index is 2.41. The van der Waals surface area contributed by atoms with E-state index in [1.54, 1.807) is 19.1 Å². The molecule has 1 aromatic carbocycles. The van der Waals surface area contributed by atoms with Crippen molar-refractivity contribution in [3.8, 4) is 11.3 Å². The molecule has 2 aromatic rings. The van der Waals surface area contributed by atoms with E-state index >= 15 is 0 Å². The van der Waals surface area contributed by atoms with Gasteiger partial charge in [0.15, 0.2) is 0 Å². The van der Waals surface area contributed by atoms with Crippen molar-refractivity contribution in [2.24, 2.45) is 0 Å². The largest absolute Gasteiger partial charge is 0.711 e. The predicted molar refractivity (Wildman–Crippen MR) is 60.0 cm³/mol. The molecule has 0 saturated heterocycles. The van der Waals surface area contributed by atoms with Gasteiger partial charge in [0.25, 0.3) is 6.20 Å². The minimum Gasteiger partial charge on any atom is -0.711 e. The zero-order valence-electron chi connectivity index (χ0n) is 9.57. The summed E-state index contributed by atoms with van der Waals surface area (Å²) in [5.41, 5.74) is 0.762. The van der Waals surface area contributed by atoms with Gasteiger partial charge in [-0.3, -0.25) is 0 Å². The van der Waals surface area contributed by atoms with Crippen LogP contribution in [0.15, 0.2) is 40.9 Å². The number of benzene rings is 1. The van der Waals surface area contributed by atoms with Gasteiger partial charge >= 0.3 is 16.3 Å². The molecule has 0 aliphatic rings. The Morgan fingerprint density at radius 3 is 2.56 bits per heavy atom. The fraction of sp³-hybridized carbons (Fsp3) is 0.182. The number of hydrogen-bond donors (Lipinski definition) is 0. The van der Waals surface area contributed by atoms with Crippen LogP contribution in [-0.4, -0.2) is 13.0 Å². The summed E-state index contributed by atoms with van der Waals surface area (Å²) in [6.45, 7) is 1.75. The number of nitrogens with zero attached hydrogens (tertiary/aromatic N) is 1. The first-order valence-corrected chi connectivity index (χ1v) is 6.58. The van der Waals surface area contributed by atoms with E-state index < -0.39 is 10.4 Å². The lowest BCUT2D eigenvalue weighted by Gasteiger charge is -1.98. The quantitative estimate of drug-likeness (QED) is 0.463. The average Bonchev–Trinajstić information content (AvgIpc) is 2.71. The predicted octanol–water partition coefficient (Wildman–Crippen LogP) is 0.685. The van der Waals surface area contributed by atoms with Crippen molar-refractivity contribution in [2.45, 2.75) is 13.3 Å². The van der Waals surface area contributed by atoms with Crippen LogP contribution in [0.3, 0.4) is 0 Å². The fourth-order valence-corrected chi connectivity index (χ4v) is 1.82. The molecule has 0 aliphatic carbocycles. The van der Waals surface area contributed by atoms with Crippen LogP contribution in [0.5, 0.6) is 0 Å². The lowest BCUT2D eigenvalue weighted by Crippen LogP contribution is -2.46. The molecule has 96 valence electrons. The van der Waals surface area contributed by atoms with E-state index in [-0.39, 0.29) is 5.89 Å². The highest BCUT2D eigenvalue weighted by molar-refractivity contribution is 7.80. The molecular weight excluding hydrogens is 258 g/mol. The maximum absolute atomic E-state index is 10.6. The number of rotatable bonds is 4. The Morgan fingerprint density at radius 2 is 2.00 bits per heavy atom. The van der Waals surface area contributed by atoms with Crippen LogP contribution in [-0.2, 0) is 16.8 Å². The van der Waals surface area contributed by atoms with Crippen LogP contribution >= 0.6 is 0 Å². The molecule has 0 spiro atoms. The summed E-state index contributed by atoms with van der Waals surface area (Å²) in [6, 6.07) is 9.08. The van der Waals surface area contributed by atoms with Gasteiger partial charge < -0.3 is 8.97 Å².